The van der Waals surface area contributed by atoms with E-state index in [4.69, 9.17) is 20.9 Å². The zero-order chi connectivity index (χ0) is 19.9. The van der Waals surface area contributed by atoms with E-state index in [9.17, 15) is 0 Å². The van der Waals surface area contributed by atoms with E-state index in [1.807, 2.05) is 25.1 Å². The first-order chi connectivity index (χ1) is 13.6. The molecule has 8 nitrogen and oxygen atoms in total. The van der Waals surface area contributed by atoms with Crippen LogP contribution in [0.25, 0.3) is 0 Å². The molecule has 1 aliphatic heterocycles. The van der Waals surface area contributed by atoms with E-state index in [0.29, 0.717) is 22.8 Å². The number of hydrogen-bond donors (Lipinski definition) is 2. The van der Waals surface area contributed by atoms with Gasteiger partial charge in [-0.25, -0.2) is 0 Å². The second kappa shape index (κ2) is 11.4. The number of anilines is 1. The van der Waals surface area contributed by atoms with Gasteiger partial charge in [0.2, 0.25) is 5.89 Å². The topological polar surface area (TPSA) is 87.8 Å². The maximum atomic E-state index is 6.17. The molecule has 2 N–H and O–H groups in total. The number of guanidine groups is 1. The van der Waals surface area contributed by atoms with Crippen molar-refractivity contribution >= 4 is 47.2 Å². The third kappa shape index (κ3) is 6.63. The number of benzene rings is 1. The van der Waals surface area contributed by atoms with E-state index in [1.165, 1.54) is 0 Å². The van der Waals surface area contributed by atoms with Crippen molar-refractivity contribution in [1.82, 2.24) is 20.8 Å². The highest BCUT2D eigenvalue weighted by molar-refractivity contribution is 14.0. The molecule has 160 valence electrons. The van der Waals surface area contributed by atoms with Crippen LogP contribution in [0.5, 0.6) is 5.75 Å². The van der Waals surface area contributed by atoms with Crippen molar-refractivity contribution in [2.24, 2.45) is 4.99 Å². The van der Waals surface area contributed by atoms with Gasteiger partial charge in [0.05, 0.1) is 12.8 Å². The van der Waals surface area contributed by atoms with Gasteiger partial charge in [0.1, 0.15) is 5.75 Å². The lowest BCUT2D eigenvalue weighted by molar-refractivity contribution is 0.372. The van der Waals surface area contributed by atoms with Crippen LogP contribution in [0, 0.1) is 6.92 Å². The second-order valence-electron chi connectivity index (χ2n) is 6.73. The molecule has 2 aromatic rings. The SMILES string of the molecule is CN=C(NCCCc1nc(C)no1)NC1CCN(c2cc(Cl)ccc2OC)C1.I. The van der Waals surface area contributed by atoms with Crippen LogP contribution < -0.4 is 20.3 Å². The molecule has 0 saturated carbocycles. The number of nitrogens with zero attached hydrogens (tertiary/aromatic N) is 4. The zero-order valence-corrected chi connectivity index (χ0v) is 20.0. The number of hydrogen-bond acceptors (Lipinski definition) is 6. The zero-order valence-electron chi connectivity index (χ0n) is 16.9. The first kappa shape index (κ1) is 23.5. The van der Waals surface area contributed by atoms with E-state index < -0.39 is 0 Å². The van der Waals surface area contributed by atoms with Crippen LogP contribution in [-0.2, 0) is 6.42 Å². The number of ether oxygens (including phenoxy) is 1. The van der Waals surface area contributed by atoms with Crippen LogP contribution in [0.2, 0.25) is 5.02 Å². The minimum Gasteiger partial charge on any atom is -0.495 e. The maximum absolute atomic E-state index is 6.17. The number of nitrogens with one attached hydrogen (secondary N) is 2. The van der Waals surface area contributed by atoms with Gasteiger partial charge in [0.15, 0.2) is 11.8 Å². The summed E-state index contributed by atoms with van der Waals surface area (Å²) in [6.45, 7) is 4.39. The Balaban J connectivity index is 0.00000300. The molecular formula is C19H28ClIN6O2. The van der Waals surface area contributed by atoms with Gasteiger partial charge in [0.25, 0.3) is 0 Å². The fourth-order valence-corrected chi connectivity index (χ4v) is 3.45. The third-order valence-electron chi connectivity index (χ3n) is 4.66. The summed E-state index contributed by atoms with van der Waals surface area (Å²) >= 11 is 6.17. The normalized spacial score (nSPS) is 16.5. The van der Waals surface area contributed by atoms with Crippen molar-refractivity contribution in [2.75, 3.05) is 38.7 Å². The number of aliphatic imine (C=N–C) groups is 1. The Morgan fingerprint density at radius 2 is 2.28 bits per heavy atom. The Labute approximate surface area is 193 Å². The second-order valence-corrected chi connectivity index (χ2v) is 7.17. The monoisotopic (exact) mass is 534 g/mol. The molecule has 1 aliphatic rings. The summed E-state index contributed by atoms with van der Waals surface area (Å²) in [6, 6.07) is 6.00. The molecule has 1 aromatic heterocycles. The molecular weight excluding hydrogens is 507 g/mol. The summed E-state index contributed by atoms with van der Waals surface area (Å²) in [4.78, 5) is 10.8. The minimum atomic E-state index is 0. The third-order valence-corrected chi connectivity index (χ3v) is 4.90. The van der Waals surface area contributed by atoms with Crippen molar-refractivity contribution in [3.63, 3.8) is 0 Å². The maximum Gasteiger partial charge on any atom is 0.226 e. The molecule has 1 aromatic carbocycles. The van der Waals surface area contributed by atoms with Crippen molar-refractivity contribution in [3.05, 3.63) is 34.9 Å². The van der Waals surface area contributed by atoms with Gasteiger partial charge < -0.3 is 24.8 Å². The summed E-state index contributed by atoms with van der Waals surface area (Å²) in [7, 11) is 3.46. The van der Waals surface area contributed by atoms with Crippen LogP contribution in [-0.4, -0.2) is 55.9 Å². The first-order valence-corrected chi connectivity index (χ1v) is 9.81. The van der Waals surface area contributed by atoms with Gasteiger partial charge in [-0.2, -0.15) is 4.98 Å². The van der Waals surface area contributed by atoms with Gasteiger partial charge in [-0.05, 0) is 38.0 Å². The smallest absolute Gasteiger partial charge is 0.226 e. The Bertz CT molecular complexity index is 816. The predicted octanol–water partition coefficient (Wildman–Crippen LogP) is 3.03. The van der Waals surface area contributed by atoms with Crippen LogP contribution >= 0.6 is 35.6 Å². The highest BCUT2D eigenvalue weighted by Crippen LogP contribution is 2.33. The molecule has 1 fully saturated rings. The van der Waals surface area contributed by atoms with Crippen molar-refractivity contribution < 1.29 is 9.26 Å². The summed E-state index contributed by atoms with van der Waals surface area (Å²) in [5.74, 6) is 2.97. The van der Waals surface area contributed by atoms with Crippen molar-refractivity contribution in [2.45, 2.75) is 32.2 Å². The average Bonchev–Trinajstić information content (AvgIpc) is 3.33. The van der Waals surface area contributed by atoms with Crippen LogP contribution in [0.15, 0.2) is 27.7 Å². The lowest BCUT2D eigenvalue weighted by Crippen LogP contribution is -2.44. The number of rotatable bonds is 7. The fraction of sp³-hybridized carbons (Fsp3) is 0.526. The fourth-order valence-electron chi connectivity index (χ4n) is 3.28. The molecule has 3 rings (SSSR count). The number of halogens is 2. The van der Waals surface area contributed by atoms with E-state index in [2.05, 4.69) is 30.7 Å². The van der Waals surface area contributed by atoms with Crippen LogP contribution in [0.4, 0.5) is 5.69 Å². The Morgan fingerprint density at radius 1 is 1.45 bits per heavy atom. The number of aromatic nitrogens is 2. The van der Waals surface area contributed by atoms with Crippen molar-refractivity contribution in [3.8, 4) is 5.75 Å². The number of methoxy groups -OCH3 is 1. The van der Waals surface area contributed by atoms with Crippen LogP contribution in [0.1, 0.15) is 24.6 Å². The van der Waals surface area contributed by atoms with E-state index in [-0.39, 0.29) is 24.0 Å². The van der Waals surface area contributed by atoms with Crippen molar-refractivity contribution in [1.29, 1.82) is 0 Å². The van der Waals surface area contributed by atoms with Gasteiger partial charge in [-0.3, -0.25) is 4.99 Å². The van der Waals surface area contributed by atoms with Gasteiger partial charge in [0, 0.05) is 44.2 Å². The molecule has 0 spiro atoms. The number of aryl methyl sites for hydroxylation is 2. The average molecular weight is 535 g/mol. The molecule has 0 radical (unpaired) electrons. The molecule has 2 heterocycles. The minimum absolute atomic E-state index is 0. The summed E-state index contributed by atoms with van der Waals surface area (Å²) in [5, 5.41) is 11.3. The summed E-state index contributed by atoms with van der Waals surface area (Å²) in [5.41, 5.74) is 1.03. The molecule has 1 atom stereocenters. The Morgan fingerprint density at radius 3 is 2.97 bits per heavy atom. The highest BCUT2D eigenvalue weighted by Gasteiger charge is 2.25. The van der Waals surface area contributed by atoms with Gasteiger partial charge in [-0.1, -0.05) is 16.8 Å². The standard InChI is InChI=1S/C19H27ClN6O2.HI/c1-13-23-18(28-25-13)5-4-9-22-19(21-2)24-15-8-10-26(12-15)16-11-14(20)6-7-17(16)27-3;/h6-7,11,15H,4-5,8-10,12H2,1-3H3,(H2,21,22,24);1H. The van der Waals surface area contributed by atoms with E-state index in [0.717, 1.165) is 56.3 Å². The molecule has 0 aliphatic carbocycles. The highest BCUT2D eigenvalue weighted by atomic mass is 127. The first-order valence-electron chi connectivity index (χ1n) is 9.44. The summed E-state index contributed by atoms with van der Waals surface area (Å²) < 4.78 is 10.6. The predicted molar refractivity (Wildman–Crippen MR) is 126 cm³/mol. The Kier molecular flexibility index (Phi) is 9.28. The quantitative estimate of drug-likeness (QED) is 0.244. The molecule has 1 unspecified atom stereocenters. The molecule has 0 bridgehead atoms. The van der Waals surface area contributed by atoms with E-state index >= 15 is 0 Å². The lowest BCUT2D eigenvalue weighted by Gasteiger charge is -2.22. The molecule has 0 amide bonds. The van der Waals surface area contributed by atoms with Crippen LogP contribution in [0.3, 0.4) is 0 Å². The van der Waals surface area contributed by atoms with Gasteiger partial charge in [-0.15, -0.1) is 24.0 Å². The lowest BCUT2D eigenvalue weighted by atomic mass is 10.2. The molecule has 10 heteroatoms. The van der Waals surface area contributed by atoms with Gasteiger partial charge >= 0.3 is 0 Å². The molecule has 29 heavy (non-hydrogen) atoms. The largest absolute Gasteiger partial charge is 0.495 e. The Hall–Kier alpha value is -1.75. The summed E-state index contributed by atoms with van der Waals surface area (Å²) in [6.07, 6.45) is 2.65. The molecule has 1 saturated heterocycles. The van der Waals surface area contributed by atoms with E-state index in [1.54, 1.807) is 14.2 Å².